The Hall–Kier alpha value is -2.49. The van der Waals surface area contributed by atoms with Gasteiger partial charge in [-0.15, -0.1) is 11.3 Å². The van der Waals surface area contributed by atoms with E-state index in [0.29, 0.717) is 30.1 Å². The first-order chi connectivity index (χ1) is 14.5. The van der Waals surface area contributed by atoms with E-state index in [2.05, 4.69) is 29.0 Å². The normalized spacial score (nSPS) is 19.9. The van der Waals surface area contributed by atoms with Gasteiger partial charge in [-0.05, 0) is 32.4 Å². The number of hydrogen-bond donors (Lipinski definition) is 1. The van der Waals surface area contributed by atoms with Gasteiger partial charge in [0.25, 0.3) is 0 Å². The molecule has 1 aliphatic rings. The van der Waals surface area contributed by atoms with Gasteiger partial charge >= 0.3 is 5.76 Å². The minimum atomic E-state index is -0.395. The Morgan fingerprint density at radius 2 is 2.03 bits per heavy atom. The number of rotatable bonds is 7. The largest absolute Gasteiger partial charge is 0.419 e. The number of aromatic nitrogens is 2. The van der Waals surface area contributed by atoms with Gasteiger partial charge in [0.1, 0.15) is 0 Å². The topological polar surface area (TPSA) is 89.6 Å². The molecule has 2 aromatic heterocycles. The number of morpholine rings is 1. The highest BCUT2D eigenvalue weighted by atomic mass is 32.1. The van der Waals surface area contributed by atoms with Crippen molar-refractivity contribution < 1.29 is 13.9 Å². The Morgan fingerprint density at radius 1 is 1.27 bits per heavy atom. The lowest BCUT2D eigenvalue weighted by atomic mass is 10.2. The molecule has 0 saturated carbocycles. The standard InChI is InChI=1S/C21H26N4O4S/c1-14-10-24(11-15(2)28-14)12-16-13-30-20(22-16)23-19(26)8-5-9-25-17-6-3-4-7-18(17)29-21(25)27/h3-4,6-7,13-15H,5,8-12H2,1-2H3,(H,22,23,26). The predicted octanol–water partition coefficient (Wildman–Crippen LogP) is 3.08. The fourth-order valence-electron chi connectivity index (χ4n) is 3.88. The Morgan fingerprint density at radius 3 is 2.83 bits per heavy atom. The maximum Gasteiger partial charge on any atom is 0.419 e. The predicted molar refractivity (Wildman–Crippen MR) is 116 cm³/mol. The highest BCUT2D eigenvalue weighted by Crippen LogP contribution is 2.20. The molecule has 3 heterocycles. The van der Waals surface area contributed by atoms with Crippen LogP contribution in [0.3, 0.4) is 0 Å². The van der Waals surface area contributed by atoms with Crippen LogP contribution in [0.4, 0.5) is 5.13 Å². The molecule has 0 bridgehead atoms. The summed E-state index contributed by atoms with van der Waals surface area (Å²) >= 11 is 1.43. The van der Waals surface area contributed by atoms with Gasteiger partial charge in [-0.3, -0.25) is 14.3 Å². The van der Waals surface area contributed by atoms with Crippen molar-refractivity contribution in [3.63, 3.8) is 0 Å². The summed E-state index contributed by atoms with van der Waals surface area (Å²) in [4.78, 5) is 31.1. The average Bonchev–Trinajstić information content (AvgIpc) is 3.24. The lowest BCUT2D eigenvalue weighted by Crippen LogP contribution is -2.44. The quantitative estimate of drug-likeness (QED) is 0.620. The van der Waals surface area contributed by atoms with Crippen LogP contribution in [-0.4, -0.2) is 45.7 Å². The zero-order valence-electron chi connectivity index (χ0n) is 17.2. The van der Waals surface area contributed by atoms with Gasteiger partial charge in [0.15, 0.2) is 10.7 Å². The molecule has 9 heteroatoms. The Balaban J connectivity index is 1.26. The van der Waals surface area contributed by atoms with Crippen molar-refractivity contribution in [2.75, 3.05) is 18.4 Å². The number of thiazole rings is 1. The van der Waals surface area contributed by atoms with Gasteiger partial charge in [0.05, 0.1) is 23.4 Å². The van der Waals surface area contributed by atoms with E-state index in [4.69, 9.17) is 9.15 Å². The van der Waals surface area contributed by atoms with Crippen LogP contribution < -0.4 is 11.1 Å². The molecule has 2 atom stereocenters. The second-order valence-corrected chi connectivity index (χ2v) is 8.59. The molecule has 1 N–H and O–H groups in total. The summed E-state index contributed by atoms with van der Waals surface area (Å²) in [6.45, 7) is 7.10. The van der Waals surface area contributed by atoms with Gasteiger partial charge in [-0.1, -0.05) is 12.1 Å². The summed E-state index contributed by atoms with van der Waals surface area (Å²) in [7, 11) is 0. The maximum absolute atomic E-state index is 12.3. The van der Waals surface area contributed by atoms with E-state index < -0.39 is 5.76 Å². The summed E-state index contributed by atoms with van der Waals surface area (Å²) in [6, 6.07) is 7.29. The molecule has 160 valence electrons. The second-order valence-electron chi connectivity index (χ2n) is 7.73. The van der Waals surface area contributed by atoms with Crippen molar-refractivity contribution >= 4 is 33.5 Å². The summed E-state index contributed by atoms with van der Waals surface area (Å²) in [5.74, 6) is -0.502. The Kier molecular flexibility index (Phi) is 6.31. The smallest absolute Gasteiger partial charge is 0.408 e. The summed E-state index contributed by atoms with van der Waals surface area (Å²) in [6.07, 6.45) is 1.27. The molecule has 4 rings (SSSR count). The molecule has 1 saturated heterocycles. The third-order valence-corrected chi connectivity index (χ3v) is 5.84. The number of benzene rings is 1. The highest BCUT2D eigenvalue weighted by molar-refractivity contribution is 7.13. The van der Waals surface area contributed by atoms with E-state index in [1.165, 1.54) is 11.3 Å². The van der Waals surface area contributed by atoms with Gasteiger partial charge < -0.3 is 14.5 Å². The molecule has 1 aromatic carbocycles. The number of anilines is 1. The van der Waals surface area contributed by atoms with E-state index in [1.807, 2.05) is 23.6 Å². The van der Waals surface area contributed by atoms with E-state index in [0.717, 1.165) is 30.8 Å². The molecule has 0 spiro atoms. The number of nitrogens with one attached hydrogen (secondary N) is 1. The maximum atomic E-state index is 12.3. The van der Waals surface area contributed by atoms with Gasteiger partial charge in [-0.2, -0.15) is 0 Å². The Bertz CT molecular complexity index is 1060. The molecule has 8 nitrogen and oxygen atoms in total. The van der Waals surface area contributed by atoms with E-state index in [-0.39, 0.29) is 18.1 Å². The van der Waals surface area contributed by atoms with Crippen molar-refractivity contribution in [3.05, 3.63) is 45.9 Å². The molecule has 1 aliphatic heterocycles. The van der Waals surface area contributed by atoms with E-state index >= 15 is 0 Å². The number of carbonyl (C=O) groups excluding carboxylic acids is 1. The zero-order chi connectivity index (χ0) is 21.1. The number of amides is 1. The molecule has 30 heavy (non-hydrogen) atoms. The van der Waals surface area contributed by atoms with Gasteiger partial charge in [0.2, 0.25) is 5.91 Å². The molecule has 2 unspecified atom stereocenters. The number of nitrogens with zero attached hydrogens (tertiary/aromatic N) is 3. The Labute approximate surface area is 178 Å². The van der Waals surface area contributed by atoms with Crippen molar-refractivity contribution in [2.45, 2.75) is 52.0 Å². The molecule has 3 aromatic rings. The fraction of sp³-hybridized carbons (Fsp3) is 0.476. The minimum Gasteiger partial charge on any atom is -0.408 e. The first-order valence-corrected chi connectivity index (χ1v) is 11.1. The number of carbonyl (C=O) groups is 1. The lowest BCUT2D eigenvalue weighted by Gasteiger charge is -2.34. The van der Waals surface area contributed by atoms with Crippen LogP contribution in [0.1, 0.15) is 32.4 Å². The number of oxazole rings is 1. The number of aryl methyl sites for hydroxylation is 1. The van der Waals surface area contributed by atoms with Gasteiger partial charge in [0, 0.05) is 38.0 Å². The van der Waals surface area contributed by atoms with Crippen LogP contribution in [0.2, 0.25) is 0 Å². The fourth-order valence-corrected chi connectivity index (χ4v) is 4.60. The van der Waals surface area contributed by atoms with Gasteiger partial charge in [-0.25, -0.2) is 9.78 Å². The minimum absolute atomic E-state index is 0.106. The monoisotopic (exact) mass is 430 g/mol. The molecule has 0 aliphatic carbocycles. The molecular weight excluding hydrogens is 404 g/mol. The number of hydrogen-bond acceptors (Lipinski definition) is 7. The molecule has 1 fully saturated rings. The summed E-state index contributed by atoms with van der Waals surface area (Å²) in [5, 5.41) is 5.45. The first-order valence-electron chi connectivity index (χ1n) is 10.2. The third-order valence-electron chi connectivity index (χ3n) is 5.04. The van der Waals surface area contributed by atoms with Crippen LogP contribution in [0.25, 0.3) is 11.1 Å². The van der Waals surface area contributed by atoms with Crippen molar-refractivity contribution in [3.8, 4) is 0 Å². The summed E-state index contributed by atoms with van der Waals surface area (Å²) < 4.78 is 12.5. The van der Waals surface area contributed by atoms with E-state index in [1.54, 1.807) is 10.6 Å². The highest BCUT2D eigenvalue weighted by Gasteiger charge is 2.22. The molecule has 1 amide bonds. The number of para-hydroxylation sites is 2. The second kappa shape index (κ2) is 9.11. The van der Waals surface area contributed by atoms with Crippen molar-refractivity contribution in [1.29, 1.82) is 0 Å². The zero-order valence-corrected chi connectivity index (χ0v) is 18.0. The van der Waals surface area contributed by atoms with Crippen LogP contribution in [0, 0.1) is 0 Å². The SMILES string of the molecule is CC1CN(Cc2csc(NC(=O)CCCn3c(=O)oc4ccccc43)n2)CC(C)O1. The van der Waals surface area contributed by atoms with Crippen LogP contribution >= 0.6 is 11.3 Å². The summed E-state index contributed by atoms with van der Waals surface area (Å²) in [5.41, 5.74) is 2.26. The molecular formula is C21H26N4O4S. The lowest BCUT2D eigenvalue weighted by molar-refractivity contribution is -0.116. The number of fused-ring (bicyclic) bond motifs is 1. The number of ether oxygens (including phenoxy) is 1. The average molecular weight is 431 g/mol. The van der Waals surface area contributed by atoms with Crippen molar-refractivity contribution in [2.24, 2.45) is 0 Å². The van der Waals surface area contributed by atoms with Crippen LogP contribution in [-0.2, 0) is 22.6 Å². The molecule has 0 radical (unpaired) electrons. The van der Waals surface area contributed by atoms with Crippen molar-refractivity contribution in [1.82, 2.24) is 14.5 Å². The third kappa shape index (κ3) is 4.97. The first kappa shape index (κ1) is 20.8. The van der Waals surface area contributed by atoms with E-state index in [9.17, 15) is 9.59 Å². The van der Waals surface area contributed by atoms with Crippen LogP contribution in [0.5, 0.6) is 0 Å². The van der Waals surface area contributed by atoms with Crippen LogP contribution in [0.15, 0.2) is 38.9 Å².